The molecule has 4 rings (SSSR count). The fraction of sp³-hybridized carbons (Fsp3) is 0.565. The Morgan fingerprint density at radius 3 is 2.71 bits per heavy atom. The summed E-state index contributed by atoms with van der Waals surface area (Å²) in [6.07, 6.45) is 9.73. The van der Waals surface area contributed by atoms with Gasteiger partial charge in [0, 0.05) is 56.3 Å². The van der Waals surface area contributed by atoms with Crippen molar-refractivity contribution < 1.29 is 4.79 Å². The van der Waals surface area contributed by atoms with Crippen LogP contribution in [0.5, 0.6) is 0 Å². The third-order valence-electron chi connectivity index (χ3n) is 6.53. The maximum atomic E-state index is 12.5. The number of H-pyrrole nitrogens is 1. The SMILES string of the molecule is CCc1ccc(CN2CCC[C@@]3(CCC(=O)N(CCc4cnc[nH]4)C3)C2)cc1. The molecule has 0 bridgehead atoms. The minimum Gasteiger partial charge on any atom is -0.348 e. The number of aryl methyl sites for hydroxylation is 1. The first kappa shape index (κ1) is 19.2. The van der Waals surface area contributed by atoms with E-state index in [1.807, 2.05) is 6.20 Å². The quantitative estimate of drug-likeness (QED) is 0.835. The van der Waals surface area contributed by atoms with E-state index < -0.39 is 0 Å². The van der Waals surface area contributed by atoms with Crippen LogP contribution in [0.1, 0.15) is 49.4 Å². The number of rotatable bonds is 6. The second-order valence-corrected chi connectivity index (χ2v) is 8.63. The number of carbonyl (C=O) groups is 1. The molecule has 1 aromatic heterocycles. The molecule has 5 heteroatoms. The van der Waals surface area contributed by atoms with Crippen molar-refractivity contribution in [2.45, 2.75) is 52.0 Å². The molecular formula is C23H32N4O. The van der Waals surface area contributed by atoms with Crippen LogP contribution in [0.15, 0.2) is 36.8 Å². The number of likely N-dealkylation sites (tertiary alicyclic amines) is 2. The Morgan fingerprint density at radius 2 is 1.96 bits per heavy atom. The highest BCUT2D eigenvalue weighted by Crippen LogP contribution is 2.39. The van der Waals surface area contributed by atoms with E-state index in [0.29, 0.717) is 12.3 Å². The van der Waals surface area contributed by atoms with Crippen LogP contribution in [0.2, 0.25) is 0 Å². The molecule has 5 nitrogen and oxygen atoms in total. The predicted octanol–water partition coefficient (Wildman–Crippen LogP) is 3.42. The van der Waals surface area contributed by atoms with Gasteiger partial charge in [-0.2, -0.15) is 0 Å². The van der Waals surface area contributed by atoms with Gasteiger partial charge in [0.2, 0.25) is 5.91 Å². The summed E-state index contributed by atoms with van der Waals surface area (Å²) < 4.78 is 0. The summed E-state index contributed by atoms with van der Waals surface area (Å²) in [4.78, 5) is 24.4. The Labute approximate surface area is 168 Å². The smallest absolute Gasteiger partial charge is 0.222 e. The maximum absolute atomic E-state index is 12.5. The third kappa shape index (κ3) is 4.46. The minimum absolute atomic E-state index is 0.267. The lowest BCUT2D eigenvalue weighted by molar-refractivity contribution is -0.139. The van der Waals surface area contributed by atoms with Gasteiger partial charge in [-0.25, -0.2) is 4.98 Å². The number of aromatic nitrogens is 2. The zero-order valence-electron chi connectivity index (χ0n) is 17.0. The van der Waals surface area contributed by atoms with Crippen LogP contribution >= 0.6 is 0 Å². The number of nitrogens with one attached hydrogen (secondary N) is 1. The number of nitrogens with zero attached hydrogens (tertiary/aromatic N) is 3. The zero-order chi connectivity index (χ0) is 19.4. The first-order valence-electron chi connectivity index (χ1n) is 10.7. The Balaban J connectivity index is 1.37. The van der Waals surface area contributed by atoms with Crippen molar-refractivity contribution in [2.24, 2.45) is 5.41 Å². The molecule has 1 atom stereocenters. The van der Waals surface area contributed by atoms with Crippen LogP contribution in [-0.4, -0.2) is 51.9 Å². The molecule has 1 amide bonds. The molecule has 2 aliphatic rings. The van der Waals surface area contributed by atoms with E-state index >= 15 is 0 Å². The van der Waals surface area contributed by atoms with E-state index in [-0.39, 0.29) is 5.41 Å². The number of piperidine rings is 2. The van der Waals surface area contributed by atoms with E-state index in [0.717, 1.165) is 51.1 Å². The standard InChI is InChI=1S/C23H32N4O/c1-2-19-4-6-20(7-5-19)15-26-12-3-10-23(16-26)11-8-22(28)27(17-23)13-9-21-14-24-18-25-21/h4-7,14,18H,2-3,8-13,15-17H2,1H3,(H,24,25)/t23-/m1/s1. The first-order valence-corrected chi connectivity index (χ1v) is 10.7. The number of carbonyl (C=O) groups excluding carboxylic acids is 1. The van der Waals surface area contributed by atoms with Crippen molar-refractivity contribution in [2.75, 3.05) is 26.2 Å². The van der Waals surface area contributed by atoms with E-state index in [4.69, 9.17) is 0 Å². The molecule has 3 heterocycles. The molecule has 1 aromatic carbocycles. The molecule has 2 fully saturated rings. The third-order valence-corrected chi connectivity index (χ3v) is 6.53. The van der Waals surface area contributed by atoms with Crippen molar-refractivity contribution in [3.05, 3.63) is 53.6 Å². The van der Waals surface area contributed by atoms with Gasteiger partial charge in [0.25, 0.3) is 0 Å². The van der Waals surface area contributed by atoms with Crippen molar-refractivity contribution in [1.29, 1.82) is 0 Å². The van der Waals surface area contributed by atoms with E-state index in [9.17, 15) is 4.79 Å². The summed E-state index contributed by atoms with van der Waals surface area (Å²) in [7, 11) is 0. The summed E-state index contributed by atoms with van der Waals surface area (Å²) in [5, 5.41) is 0. The number of imidazole rings is 1. The van der Waals surface area contributed by atoms with Crippen LogP contribution in [0.4, 0.5) is 0 Å². The molecule has 0 aliphatic carbocycles. The average Bonchev–Trinajstić information content (AvgIpc) is 3.23. The lowest BCUT2D eigenvalue weighted by Gasteiger charge is -2.48. The number of amides is 1. The summed E-state index contributed by atoms with van der Waals surface area (Å²) in [5.74, 6) is 0.317. The van der Waals surface area contributed by atoms with Crippen molar-refractivity contribution in [3.8, 4) is 0 Å². The largest absolute Gasteiger partial charge is 0.348 e. The molecule has 28 heavy (non-hydrogen) atoms. The van der Waals surface area contributed by atoms with Crippen LogP contribution in [0.25, 0.3) is 0 Å². The van der Waals surface area contributed by atoms with Gasteiger partial charge in [-0.05, 0) is 43.4 Å². The summed E-state index contributed by atoms with van der Waals surface area (Å²) in [5.41, 5.74) is 4.17. The first-order chi connectivity index (χ1) is 13.7. The molecule has 0 saturated carbocycles. The monoisotopic (exact) mass is 380 g/mol. The fourth-order valence-electron chi connectivity index (χ4n) is 4.90. The number of benzene rings is 1. The topological polar surface area (TPSA) is 52.2 Å². The average molecular weight is 381 g/mol. The molecule has 2 aliphatic heterocycles. The van der Waals surface area contributed by atoms with Crippen molar-refractivity contribution >= 4 is 5.91 Å². The van der Waals surface area contributed by atoms with E-state index in [1.165, 1.54) is 30.5 Å². The van der Waals surface area contributed by atoms with E-state index in [1.54, 1.807) is 6.33 Å². The molecule has 2 saturated heterocycles. The van der Waals surface area contributed by atoms with Gasteiger partial charge < -0.3 is 9.88 Å². The highest BCUT2D eigenvalue weighted by atomic mass is 16.2. The Bertz CT molecular complexity index is 770. The van der Waals surface area contributed by atoms with Gasteiger partial charge in [-0.3, -0.25) is 9.69 Å². The van der Waals surface area contributed by atoms with Crippen LogP contribution in [-0.2, 0) is 24.2 Å². The van der Waals surface area contributed by atoms with Gasteiger partial charge in [0.15, 0.2) is 0 Å². The molecule has 1 N–H and O–H groups in total. The second kappa shape index (κ2) is 8.48. The van der Waals surface area contributed by atoms with Crippen LogP contribution < -0.4 is 0 Å². The van der Waals surface area contributed by atoms with Crippen molar-refractivity contribution in [1.82, 2.24) is 19.8 Å². The maximum Gasteiger partial charge on any atom is 0.222 e. The Morgan fingerprint density at radius 1 is 1.14 bits per heavy atom. The Kier molecular flexibility index (Phi) is 5.81. The molecule has 1 spiro atoms. The summed E-state index contributed by atoms with van der Waals surface area (Å²) in [6, 6.07) is 9.07. The summed E-state index contributed by atoms with van der Waals surface area (Å²) >= 11 is 0. The van der Waals surface area contributed by atoms with Gasteiger partial charge in [0.05, 0.1) is 6.33 Å². The molecular weight excluding hydrogens is 348 g/mol. The zero-order valence-corrected chi connectivity index (χ0v) is 17.0. The van der Waals surface area contributed by atoms with Crippen molar-refractivity contribution in [3.63, 3.8) is 0 Å². The number of hydrogen-bond donors (Lipinski definition) is 1. The number of hydrogen-bond acceptors (Lipinski definition) is 3. The van der Waals surface area contributed by atoms with Gasteiger partial charge in [0.1, 0.15) is 0 Å². The highest BCUT2D eigenvalue weighted by molar-refractivity contribution is 5.77. The fourth-order valence-corrected chi connectivity index (χ4v) is 4.90. The Hall–Kier alpha value is -2.14. The minimum atomic E-state index is 0.267. The lowest BCUT2D eigenvalue weighted by atomic mass is 9.73. The number of aromatic amines is 1. The normalized spacial score (nSPS) is 23.5. The second-order valence-electron chi connectivity index (χ2n) is 8.63. The summed E-state index contributed by atoms with van der Waals surface area (Å²) in [6.45, 7) is 7.20. The lowest BCUT2D eigenvalue weighted by Crippen LogP contribution is -2.54. The van der Waals surface area contributed by atoms with Gasteiger partial charge >= 0.3 is 0 Å². The van der Waals surface area contributed by atoms with Gasteiger partial charge in [-0.15, -0.1) is 0 Å². The molecule has 2 aromatic rings. The molecule has 0 unspecified atom stereocenters. The highest BCUT2D eigenvalue weighted by Gasteiger charge is 2.41. The molecule has 150 valence electrons. The van der Waals surface area contributed by atoms with Gasteiger partial charge in [-0.1, -0.05) is 31.2 Å². The predicted molar refractivity (Wildman–Crippen MR) is 111 cm³/mol. The molecule has 0 radical (unpaired) electrons. The van der Waals surface area contributed by atoms with Crippen LogP contribution in [0.3, 0.4) is 0 Å². The van der Waals surface area contributed by atoms with E-state index in [2.05, 4.69) is 51.0 Å². The van der Waals surface area contributed by atoms with Crippen LogP contribution in [0, 0.1) is 5.41 Å².